The lowest BCUT2D eigenvalue weighted by molar-refractivity contribution is 0.227. The predicted octanol–water partition coefficient (Wildman–Crippen LogP) is 2.39. The molecule has 17 heavy (non-hydrogen) atoms. The Hall–Kier alpha value is -0.770. The average molecular weight is 258 g/mol. The lowest BCUT2D eigenvalue weighted by Gasteiger charge is -2.15. The van der Waals surface area contributed by atoms with Gasteiger partial charge in [-0.1, -0.05) is 18.5 Å². The Morgan fingerprint density at radius 2 is 2.24 bits per heavy atom. The van der Waals surface area contributed by atoms with Crippen LogP contribution in [0.5, 0.6) is 5.75 Å². The van der Waals surface area contributed by atoms with E-state index in [1.807, 2.05) is 32.0 Å². The quantitative estimate of drug-likeness (QED) is 0.737. The molecular formula is C13H20ClNO2. The molecule has 0 aliphatic rings. The van der Waals surface area contributed by atoms with Crippen LogP contribution in [0.25, 0.3) is 0 Å². The van der Waals surface area contributed by atoms with Crippen LogP contribution >= 0.6 is 11.6 Å². The fourth-order valence-electron chi connectivity index (χ4n) is 1.54. The van der Waals surface area contributed by atoms with Crippen LogP contribution < -0.4 is 10.1 Å². The second-order valence-corrected chi connectivity index (χ2v) is 4.44. The number of halogens is 1. The Morgan fingerprint density at radius 1 is 1.47 bits per heavy atom. The number of benzene rings is 1. The summed E-state index contributed by atoms with van der Waals surface area (Å²) < 4.78 is 5.63. The molecule has 0 heterocycles. The average Bonchev–Trinajstić information content (AvgIpc) is 2.32. The van der Waals surface area contributed by atoms with Gasteiger partial charge in [0.05, 0.1) is 6.61 Å². The van der Waals surface area contributed by atoms with Crippen molar-refractivity contribution in [2.75, 3.05) is 19.8 Å². The Bertz CT molecular complexity index is 340. The largest absolute Gasteiger partial charge is 0.492 e. The molecule has 0 spiro atoms. The van der Waals surface area contributed by atoms with Crippen molar-refractivity contribution < 1.29 is 9.84 Å². The second-order valence-electron chi connectivity index (χ2n) is 4.00. The molecule has 0 aliphatic carbocycles. The zero-order valence-electron chi connectivity index (χ0n) is 10.4. The smallest absolute Gasteiger partial charge is 0.122 e. The van der Waals surface area contributed by atoms with Crippen molar-refractivity contribution in [3.05, 3.63) is 28.8 Å². The van der Waals surface area contributed by atoms with E-state index in [0.29, 0.717) is 6.61 Å². The van der Waals surface area contributed by atoms with Gasteiger partial charge in [0, 0.05) is 17.6 Å². The maximum absolute atomic E-state index is 9.00. The molecule has 0 saturated carbocycles. The van der Waals surface area contributed by atoms with Crippen molar-refractivity contribution in [1.82, 2.24) is 5.32 Å². The van der Waals surface area contributed by atoms with E-state index in [0.717, 1.165) is 29.3 Å². The van der Waals surface area contributed by atoms with Gasteiger partial charge >= 0.3 is 0 Å². The third-order valence-corrected chi connectivity index (χ3v) is 2.88. The number of hydrogen-bond acceptors (Lipinski definition) is 3. The van der Waals surface area contributed by atoms with Crippen molar-refractivity contribution in [3.63, 3.8) is 0 Å². The second kappa shape index (κ2) is 7.54. The van der Waals surface area contributed by atoms with E-state index in [1.165, 1.54) is 0 Å². The minimum atomic E-state index is 0.157. The minimum absolute atomic E-state index is 0.157. The normalized spacial score (nSPS) is 12.5. The van der Waals surface area contributed by atoms with Crippen LogP contribution in [0.2, 0.25) is 5.02 Å². The first-order chi connectivity index (χ1) is 8.17. The van der Waals surface area contributed by atoms with Gasteiger partial charge in [0.15, 0.2) is 0 Å². The molecule has 1 unspecified atom stereocenters. The summed E-state index contributed by atoms with van der Waals surface area (Å²) in [4.78, 5) is 0. The Labute approximate surface area is 108 Å². The molecule has 0 radical (unpaired) electrons. The maximum Gasteiger partial charge on any atom is 0.122 e. The molecule has 0 amide bonds. The minimum Gasteiger partial charge on any atom is -0.492 e. The lowest BCUT2D eigenvalue weighted by atomic mass is 10.2. The number of rotatable bonds is 7. The van der Waals surface area contributed by atoms with Crippen LogP contribution in [0.4, 0.5) is 0 Å². The van der Waals surface area contributed by atoms with Crippen molar-refractivity contribution in [1.29, 1.82) is 0 Å². The van der Waals surface area contributed by atoms with Gasteiger partial charge in [0.1, 0.15) is 12.4 Å². The van der Waals surface area contributed by atoms with E-state index < -0.39 is 0 Å². The zero-order valence-corrected chi connectivity index (χ0v) is 11.1. The molecule has 1 rings (SSSR count). The molecule has 3 nitrogen and oxygen atoms in total. The fraction of sp³-hybridized carbons (Fsp3) is 0.538. The summed E-state index contributed by atoms with van der Waals surface area (Å²) in [6.45, 7) is 5.48. The van der Waals surface area contributed by atoms with Crippen LogP contribution in [-0.2, 0) is 0 Å². The topological polar surface area (TPSA) is 41.5 Å². The van der Waals surface area contributed by atoms with Crippen LogP contribution in [-0.4, -0.2) is 30.9 Å². The number of aryl methyl sites for hydroxylation is 1. The van der Waals surface area contributed by atoms with Gasteiger partial charge in [-0.05, 0) is 37.1 Å². The summed E-state index contributed by atoms with van der Waals surface area (Å²) in [6, 6.07) is 5.73. The third kappa shape index (κ3) is 4.94. The fourth-order valence-corrected chi connectivity index (χ4v) is 1.76. The van der Waals surface area contributed by atoms with Crippen LogP contribution in [0, 0.1) is 6.92 Å². The molecule has 2 N–H and O–H groups in total. The van der Waals surface area contributed by atoms with Crippen molar-refractivity contribution in [3.8, 4) is 5.75 Å². The van der Waals surface area contributed by atoms with Gasteiger partial charge in [-0.15, -0.1) is 0 Å². The number of hydrogen-bond donors (Lipinski definition) is 2. The summed E-state index contributed by atoms with van der Waals surface area (Å²) >= 11 is 5.86. The molecule has 0 fully saturated rings. The van der Waals surface area contributed by atoms with Crippen molar-refractivity contribution >= 4 is 11.6 Å². The van der Waals surface area contributed by atoms with Crippen LogP contribution in [0.15, 0.2) is 18.2 Å². The Kier molecular flexibility index (Phi) is 6.34. The van der Waals surface area contributed by atoms with Gasteiger partial charge in [-0.2, -0.15) is 0 Å². The maximum atomic E-state index is 9.00. The molecule has 0 aliphatic heterocycles. The molecule has 0 bridgehead atoms. The molecule has 1 atom stereocenters. The van der Waals surface area contributed by atoms with E-state index in [2.05, 4.69) is 5.32 Å². The first-order valence-electron chi connectivity index (χ1n) is 5.90. The van der Waals surface area contributed by atoms with Gasteiger partial charge in [-0.25, -0.2) is 0 Å². The molecule has 4 heteroatoms. The number of nitrogens with one attached hydrogen (secondary N) is 1. The van der Waals surface area contributed by atoms with Gasteiger partial charge in [-0.3, -0.25) is 0 Å². The highest BCUT2D eigenvalue weighted by Crippen LogP contribution is 2.21. The van der Waals surface area contributed by atoms with Gasteiger partial charge in [0.25, 0.3) is 0 Å². The Balaban J connectivity index is 2.31. The molecule has 96 valence electrons. The molecule has 1 aromatic rings. The van der Waals surface area contributed by atoms with Crippen LogP contribution in [0.1, 0.15) is 18.9 Å². The Morgan fingerprint density at radius 3 is 2.82 bits per heavy atom. The third-order valence-electron chi connectivity index (χ3n) is 2.64. The molecule has 0 saturated heterocycles. The zero-order chi connectivity index (χ0) is 12.7. The lowest BCUT2D eigenvalue weighted by Crippen LogP contribution is -2.34. The highest BCUT2D eigenvalue weighted by atomic mass is 35.5. The van der Waals surface area contributed by atoms with Gasteiger partial charge in [0.2, 0.25) is 0 Å². The summed E-state index contributed by atoms with van der Waals surface area (Å²) in [5, 5.41) is 12.9. The summed E-state index contributed by atoms with van der Waals surface area (Å²) in [5.41, 5.74) is 1.03. The number of aliphatic hydroxyl groups excluding tert-OH is 1. The molecular weight excluding hydrogens is 238 g/mol. The van der Waals surface area contributed by atoms with Gasteiger partial charge < -0.3 is 15.2 Å². The van der Waals surface area contributed by atoms with E-state index >= 15 is 0 Å². The van der Waals surface area contributed by atoms with Crippen LogP contribution in [0.3, 0.4) is 0 Å². The standard InChI is InChI=1S/C13H20ClNO2/c1-3-12(9-16)15-6-7-17-13-5-4-11(14)8-10(13)2/h4-5,8,12,15-16H,3,6-7,9H2,1-2H3. The van der Waals surface area contributed by atoms with E-state index in [1.54, 1.807) is 0 Å². The summed E-state index contributed by atoms with van der Waals surface area (Å²) in [6.07, 6.45) is 0.913. The molecule has 1 aromatic carbocycles. The van der Waals surface area contributed by atoms with E-state index in [-0.39, 0.29) is 12.6 Å². The highest BCUT2D eigenvalue weighted by Gasteiger charge is 2.03. The first kappa shape index (κ1) is 14.3. The first-order valence-corrected chi connectivity index (χ1v) is 6.28. The predicted molar refractivity (Wildman–Crippen MR) is 70.9 cm³/mol. The van der Waals surface area contributed by atoms with Crippen molar-refractivity contribution in [2.45, 2.75) is 26.3 Å². The van der Waals surface area contributed by atoms with E-state index in [9.17, 15) is 0 Å². The highest BCUT2D eigenvalue weighted by molar-refractivity contribution is 6.30. The molecule has 0 aromatic heterocycles. The monoisotopic (exact) mass is 257 g/mol. The number of ether oxygens (including phenoxy) is 1. The van der Waals surface area contributed by atoms with Crippen molar-refractivity contribution in [2.24, 2.45) is 0 Å². The SMILES string of the molecule is CCC(CO)NCCOc1ccc(Cl)cc1C. The van der Waals surface area contributed by atoms with E-state index in [4.69, 9.17) is 21.4 Å². The summed E-state index contributed by atoms with van der Waals surface area (Å²) in [5.74, 6) is 0.855. The number of aliphatic hydroxyl groups is 1. The summed E-state index contributed by atoms with van der Waals surface area (Å²) in [7, 11) is 0.